The molecule has 31 heavy (non-hydrogen) atoms. The molecule has 168 valence electrons. The highest BCUT2D eigenvalue weighted by molar-refractivity contribution is 7.92. The van der Waals surface area contributed by atoms with Crippen LogP contribution >= 0.6 is 0 Å². The van der Waals surface area contributed by atoms with Gasteiger partial charge in [-0.25, -0.2) is 8.42 Å². The number of ether oxygens (including phenoxy) is 2. The van der Waals surface area contributed by atoms with Crippen LogP contribution in [-0.4, -0.2) is 33.6 Å². The van der Waals surface area contributed by atoms with Gasteiger partial charge >= 0.3 is 0 Å². The third-order valence-corrected chi connectivity index (χ3v) is 6.58. The SMILES string of the molecule is CCOc1ccc(NS(=O)(=O)c2ccc(OCC(=O)NC3CCCCC3)c(C)c2)cc1. The molecular formula is C23H30N2O5S. The standard InChI is InChI=1S/C23H30N2O5S/c1-3-29-20-11-9-19(10-12-20)25-31(27,28)21-13-14-22(17(2)15-21)30-16-23(26)24-18-7-5-4-6-8-18/h9-15,18,25H,3-8,16H2,1-2H3,(H,24,26). The number of sulfonamides is 1. The van der Waals surface area contributed by atoms with Crippen molar-refractivity contribution in [2.24, 2.45) is 0 Å². The van der Waals surface area contributed by atoms with E-state index in [0.717, 1.165) is 25.7 Å². The summed E-state index contributed by atoms with van der Waals surface area (Å²) in [6.07, 6.45) is 5.54. The highest BCUT2D eigenvalue weighted by Gasteiger charge is 2.18. The molecule has 0 aromatic heterocycles. The Labute approximate surface area is 184 Å². The molecule has 1 amide bonds. The number of anilines is 1. The summed E-state index contributed by atoms with van der Waals surface area (Å²) in [4.78, 5) is 12.3. The Bertz CT molecular complexity index is 984. The maximum atomic E-state index is 12.7. The number of benzene rings is 2. The van der Waals surface area contributed by atoms with Crippen molar-refractivity contribution in [1.82, 2.24) is 5.32 Å². The van der Waals surface area contributed by atoms with Crippen molar-refractivity contribution in [3.05, 3.63) is 48.0 Å². The summed E-state index contributed by atoms with van der Waals surface area (Å²) in [5.74, 6) is 1.01. The average Bonchev–Trinajstić information content (AvgIpc) is 2.75. The van der Waals surface area contributed by atoms with Crippen LogP contribution in [0.2, 0.25) is 0 Å². The molecule has 1 aliphatic carbocycles. The second kappa shape index (κ2) is 10.5. The second-order valence-electron chi connectivity index (χ2n) is 7.68. The van der Waals surface area contributed by atoms with Gasteiger partial charge < -0.3 is 14.8 Å². The smallest absolute Gasteiger partial charge is 0.261 e. The van der Waals surface area contributed by atoms with Crippen LogP contribution in [0.5, 0.6) is 11.5 Å². The Morgan fingerprint density at radius 2 is 1.74 bits per heavy atom. The first kappa shape index (κ1) is 22.9. The van der Waals surface area contributed by atoms with E-state index in [2.05, 4.69) is 10.0 Å². The number of amides is 1. The van der Waals surface area contributed by atoms with Gasteiger partial charge in [-0.05, 0) is 74.7 Å². The first-order valence-corrected chi connectivity index (χ1v) is 12.1. The van der Waals surface area contributed by atoms with Crippen molar-refractivity contribution in [3.63, 3.8) is 0 Å². The first-order chi connectivity index (χ1) is 14.9. The molecule has 0 radical (unpaired) electrons. The Hall–Kier alpha value is -2.74. The van der Waals surface area contributed by atoms with E-state index in [1.165, 1.54) is 18.6 Å². The first-order valence-electron chi connectivity index (χ1n) is 10.7. The summed E-state index contributed by atoms with van der Waals surface area (Å²) >= 11 is 0. The molecule has 0 heterocycles. The fourth-order valence-electron chi connectivity index (χ4n) is 3.61. The molecule has 1 saturated carbocycles. The molecule has 0 spiro atoms. The van der Waals surface area contributed by atoms with Crippen LogP contribution in [0.1, 0.15) is 44.6 Å². The molecule has 2 N–H and O–H groups in total. The highest BCUT2D eigenvalue weighted by Crippen LogP contribution is 2.24. The molecule has 0 bridgehead atoms. The highest BCUT2D eigenvalue weighted by atomic mass is 32.2. The van der Waals surface area contributed by atoms with Gasteiger partial charge in [0.15, 0.2) is 6.61 Å². The predicted molar refractivity (Wildman–Crippen MR) is 120 cm³/mol. The molecule has 7 nitrogen and oxygen atoms in total. The largest absolute Gasteiger partial charge is 0.494 e. The van der Waals surface area contributed by atoms with Crippen LogP contribution in [0.4, 0.5) is 5.69 Å². The molecule has 0 saturated heterocycles. The molecule has 2 aromatic carbocycles. The van der Waals surface area contributed by atoms with E-state index in [1.807, 2.05) is 6.92 Å². The number of aryl methyl sites for hydroxylation is 1. The van der Waals surface area contributed by atoms with Gasteiger partial charge in [-0.1, -0.05) is 19.3 Å². The maximum absolute atomic E-state index is 12.7. The lowest BCUT2D eigenvalue weighted by atomic mass is 9.95. The van der Waals surface area contributed by atoms with Crippen molar-refractivity contribution in [3.8, 4) is 11.5 Å². The third-order valence-electron chi connectivity index (χ3n) is 5.20. The van der Waals surface area contributed by atoms with E-state index < -0.39 is 10.0 Å². The molecule has 1 aliphatic rings. The van der Waals surface area contributed by atoms with Crippen LogP contribution in [0.3, 0.4) is 0 Å². The van der Waals surface area contributed by atoms with Gasteiger partial charge in [0.05, 0.1) is 11.5 Å². The molecule has 0 unspecified atom stereocenters. The zero-order valence-corrected chi connectivity index (χ0v) is 18.8. The van der Waals surface area contributed by atoms with Gasteiger partial charge in [0.2, 0.25) is 0 Å². The van der Waals surface area contributed by atoms with Crippen molar-refractivity contribution in [2.45, 2.75) is 56.9 Å². The van der Waals surface area contributed by atoms with Crippen molar-refractivity contribution in [1.29, 1.82) is 0 Å². The van der Waals surface area contributed by atoms with Crippen LogP contribution < -0.4 is 19.5 Å². The number of nitrogens with one attached hydrogen (secondary N) is 2. The summed E-state index contributed by atoms with van der Waals surface area (Å²) in [6.45, 7) is 4.09. The fourth-order valence-corrected chi connectivity index (χ4v) is 4.75. The van der Waals surface area contributed by atoms with E-state index >= 15 is 0 Å². The number of carbonyl (C=O) groups excluding carboxylic acids is 1. The monoisotopic (exact) mass is 446 g/mol. The third kappa shape index (κ3) is 6.62. The lowest BCUT2D eigenvalue weighted by Gasteiger charge is -2.22. The summed E-state index contributed by atoms with van der Waals surface area (Å²) in [5, 5.41) is 3.00. The number of hydrogen-bond donors (Lipinski definition) is 2. The zero-order chi connectivity index (χ0) is 22.3. The summed E-state index contributed by atoms with van der Waals surface area (Å²) < 4.78 is 39.0. The van der Waals surface area contributed by atoms with E-state index in [4.69, 9.17) is 9.47 Å². The van der Waals surface area contributed by atoms with Crippen LogP contribution in [0.25, 0.3) is 0 Å². The van der Waals surface area contributed by atoms with Gasteiger partial charge in [0.25, 0.3) is 15.9 Å². The van der Waals surface area contributed by atoms with Gasteiger partial charge in [0.1, 0.15) is 11.5 Å². The molecule has 2 aromatic rings. The van der Waals surface area contributed by atoms with E-state index in [0.29, 0.717) is 29.4 Å². The lowest BCUT2D eigenvalue weighted by molar-refractivity contribution is -0.124. The second-order valence-corrected chi connectivity index (χ2v) is 9.36. The number of rotatable bonds is 9. The Morgan fingerprint density at radius 3 is 2.39 bits per heavy atom. The molecular weight excluding hydrogens is 416 g/mol. The van der Waals surface area contributed by atoms with Gasteiger partial charge in [-0.2, -0.15) is 0 Å². The fraction of sp³-hybridized carbons (Fsp3) is 0.435. The lowest BCUT2D eigenvalue weighted by Crippen LogP contribution is -2.39. The molecule has 0 atom stereocenters. The van der Waals surface area contributed by atoms with E-state index in [1.54, 1.807) is 37.3 Å². The molecule has 3 rings (SSSR count). The number of hydrogen-bond acceptors (Lipinski definition) is 5. The Morgan fingerprint density at radius 1 is 1.03 bits per heavy atom. The topological polar surface area (TPSA) is 93.7 Å². The van der Waals surface area contributed by atoms with Crippen LogP contribution in [0, 0.1) is 6.92 Å². The van der Waals surface area contributed by atoms with Crippen LogP contribution in [-0.2, 0) is 14.8 Å². The zero-order valence-electron chi connectivity index (χ0n) is 18.0. The molecule has 0 aliphatic heterocycles. The minimum absolute atomic E-state index is 0.0894. The maximum Gasteiger partial charge on any atom is 0.261 e. The normalized spacial score (nSPS) is 14.6. The van der Waals surface area contributed by atoms with Crippen molar-refractivity contribution < 1.29 is 22.7 Å². The Balaban J connectivity index is 1.58. The number of carbonyl (C=O) groups is 1. The van der Waals surface area contributed by atoms with Crippen LogP contribution in [0.15, 0.2) is 47.4 Å². The minimum atomic E-state index is -3.75. The quantitative estimate of drug-likeness (QED) is 0.607. The Kier molecular flexibility index (Phi) is 7.79. The minimum Gasteiger partial charge on any atom is -0.494 e. The van der Waals surface area contributed by atoms with Crippen molar-refractivity contribution >= 4 is 21.6 Å². The molecule has 8 heteroatoms. The molecule has 1 fully saturated rings. The average molecular weight is 447 g/mol. The van der Waals surface area contributed by atoms with Crippen molar-refractivity contribution in [2.75, 3.05) is 17.9 Å². The summed E-state index contributed by atoms with van der Waals surface area (Å²) in [5.41, 5.74) is 1.08. The summed E-state index contributed by atoms with van der Waals surface area (Å²) in [7, 11) is -3.75. The van der Waals surface area contributed by atoms with E-state index in [-0.39, 0.29) is 23.5 Å². The predicted octanol–water partition coefficient (Wildman–Crippen LogP) is 4.02. The van der Waals surface area contributed by atoms with Gasteiger partial charge in [0, 0.05) is 11.7 Å². The van der Waals surface area contributed by atoms with Gasteiger partial charge in [-0.15, -0.1) is 0 Å². The summed E-state index contributed by atoms with van der Waals surface area (Å²) in [6, 6.07) is 11.5. The van der Waals surface area contributed by atoms with Gasteiger partial charge in [-0.3, -0.25) is 9.52 Å². The van der Waals surface area contributed by atoms with E-state index in [9.17, 15) is 13.2 Å².